The number of rotatable bonds is 4. The molecule has 24 heavy (non-hydrogen) atoms. The van der Waals surface area contributed by atoms with Crippen molar-refractivity contribution in [1.82, 2.24) is 5.32 Å². The molecule has 1 aliphatic heterocycles. The maximum atomic E-state index is 12.1. The summed E-state index contributed by atoms with van der Waals surface area (Å²) in [4.78, 5) is 23.1. The number of carbonyl (C=O) groups excluding carboxylic acids is 2. The molecule has 0 spiro atoms. The van der Waals surface area contributed by atoms with Crippen LogP contribution in [0.2, 0.25) is 0 Å². The molecule has 0 fully saturated rings. The second-order valence-corrected chi connectivity index (χ2v) is 6.47. The van der Waals surface area contributed by atoms with Gasteiger partial charge in [0.05, 0.1) is 22.4 Å². The van der Waals surface area contributed by atoms with E-state index in [9.17, 15) is 14.9 Å². The third-order valence-electron chi connectivity index (χ3n) is 3.91. The van der Waals surface area contributed by atoms with Gasteiger partial charge in [-0.05, 0) is 16.3 Å². The highest BCUT2D eigenvalue weighted by molar-refractivity contribution is 8.03. The molecule has 3 N–H and O–H groups in total. The average molecular weight is 337 g/mol. The quantitative estimate of drug-likeness (QED) is 0.895. The highest BCUT2D eigenvalue weighted by Crippen LogP contribution is 2.38. The number of hydrogen-bond acceptors (Lipinski definition) is 4. The van der Waals surface area contributed by atoms with Crippen molar-refractivity contribution in [1.29, 1.82) is 5.26 Å². The predicted octanol–water partition coefficient (Wildman–Crippen LogP) is 2.40. The largest absolute Gasteiger partial charge is 0.369 e. The van der Waals surface area contributed by atoms with Crippen molar-refractivity contribution in [3.05, 3.63) is 58.6 Å². The second-order valence-electron chi connectivity index (χ2n) is 5.48. The topological polar surface area (TPSA) is 96.0 Å². The van der Waals surface area contributed by atoms with Gasteiger partial charge in [-0.1, -0.05) is 54.2 Å². The molecular formula is C18H15N3O2S. The maximum absolute atomic E-state index is 12.1. The minimum Gasteiger partial charge on any atom is -0.369 e. The van der Waals surface area contributed by atoms with Crippen molar-refractivity contribution in [2.45, 2.75) is 12.3 Å². The molecule has 2 aromatic rings. The summed E-state index contributed by atoms with van der Waals surface area (Å²) in [5.74, 6) is -0.973. The number of nitriles is 1. The van der Waals surface area contributed by atoms with Crippen LogP contribution < -0.4 is 11.1 Å². The zero-order valence-electron chi connectivity index (χ0n) is 12.8. The van der Waals surface area contributed by atoms with Crippen LogP contribution in [-0.4, -0.2) is 17.6 Å². The van der Waals surface area contributed by atoms with E-state index < -0.39 is 5.91 Å². The van der Waals surface area contributed by atoms with Gasteiger partial charge in [0, 0.05) is 12.3 Å². The Kier molecular flexibility index (Phi) is 4.54. The summed E-state index contributed by atoms with van der Waals surface area (Å²) in [5.41, 5.74) is 6.58. The van der Waals surface area contributed by atoms with Gasteiger partial charge in [-0.25, -0.2) is 0 Å². The Hall–Kier alpha value is -2.78. The number of fused-ring (bicyclic) bond motifs is 1. The van der Waals surface area contributed by atoms with Gasteiger partial charge in [-0.2, -0.15) is 5.26 Å². The van der Waals surface area contributed by atoms with Gasteiger partial charge < -0.3 is 11.1 Å². The Morgan fingerprint density at radius 1 is 1.29 bits per heavy atom. The Morgan fingerprint density at radius 3 is 2.79 bits per heavy atom. The molecule has 2 amide bonds. The first-order valence-electron chi connectivity index (χ1n) is 7.43. The van der Waals surface area contributed by atoms with Crippen LogP contribution >= 0.6 is 11.8 Å². The van der Waals surface area contributed by atoms with Gasteiger partial charge >= 0.3 is 0 Å². The van der Waals surface area contributed by atoms with Crippen molar-refractivity contribution in [2.24, 2.45) is 5.73 Å². The van der Waals surface area contributed by atoms with Crippen LogP contribution in [0.3, 0.4) is 0 Å². The number of thioether (sulfide) groups is 1. The third kappa shape index (κ3) is 3.12. The standard InChI is InChI=1S/C18H15N3O2S/c19-9-15-14(8-17(23)21-18(15)24-10-16(20)22)13-7-3-5-11-4-1-2-6-12(11)13/h1-7,14H,8,10H2,(H2,20,22)(H,21,23)/t14-/m1/s1. The van der Waals surface area contributed by atoms with E-state index in [1.807, 2.05) is 42.5 Å². The van der Waals surface area contributed by atoms with E-state index in [0.717, 1.165) is 28.1 Å². The fraction of sp³-hybridized carbons (Fsp3) is 0.167. The lowest BCUT2D eigenvalue weighted by Crippen LogP contribution is -2.31. The molecule has 6 heteroatoms. The zero-order chi connectivity index (χ0) is 17.1. The lowest BCUT2D eigenvalue weighted by atomic mass is 9.84. The van der Waals surface area contributed by atoms with Gasteiger partial charge in [0.15, 0.2) is 0 Å². The number of hydrogen-bond donors (Lipinski definition) is 2. The molecule has 0 bridgehead atoms. The Labute approximate surface area is 143 Å². The minimum atomic E-state index is -0.494. The molecule has 120 valence electrons. The number of amides is 2. The molecule has 0 aromatic heterocycles. The Balaban J connectivity index is 2.10. The number of nitrogens with one attached hydrogen (secondary N) is 1. The van der Waals surface area contributed by atoms with E-state index in [0.29, 0.717) is 10.6 Å². The number of nitrogens with two attached hydrogens (primary N) is 1. The van der Waals surface area contributed by atoms with E-state index >= 15 is 0 Å². The van der Waals surface area contributed by atoms with Crippen molar-refractivity contribution in [3.63, 3.8) is 0 Å². The van der Waals surface area contributed by atoms with Crippen LogP contribution in [-0.2, 0) is 9.59 Å². The lowest BCUT2D eigenvalue weighted by molar-refractivity contribution is -0.121. The minimum absolute atomic E-state index is 0.0169. The van der Waals surface area contributed by atoms with Crippen molar-refractivity contribution in [2.75, 3.05) is 5.75 Å². The summed E-state index contributed by atoms with van der Waals surface area (Å²) < 4.78 is 0. The molecule has 1 atom stereocenters. The predicted molar refractivity (Wildman–Crippen MR) is 93.7 cm³/mol. The van der Waals surface area contributed by atoms with Crippen LogP contribution in [0.5, 0.6) is 0 Å². The molecule has 0 radical (unpaired) electrons. The summed E-state index contributed by atoms with van der Waals surface area (Å²) in [7, 11) is 0. The summed E-state index contributed by atoms with van der Waals surface area (Å²) in [6.45, 7) is 0. The highest BCUT2D eigenvalue weighted by Gasteiger charge is 2.30. The van der Waals surface area contributed by atoms with Crippen LogP contribution in [0.15, 0.2) is 53.1 Å². The first kappa shape index (κ1) is 16.1. The lowest BCUT2D eigenvalue weighted by Gasteiger charge is -2.25. The first-order chi connectivity index (χ1) is 11.6. The molecule has 3 rings (SSSR count). The van der Waals surface area contributed by atoms with E-state index in [4.69, 9.17) is 5.73 Å². The summed E-state index contributed by atoms with van der Waals surface area (Å²) in [5, 5.41) is 14.8. The van der Waals surface area contributed by atoms with Gasteiger partial charge in [-0.3, -0.25) is 9.59 Å². The SMILES string of the molecule is N#CC1=C(SCC(N)=O)NC(=O)C[C@@H]1c1cccc2ccccc12. The molecule has 1 aliphatic rings. The summed E-state index contributed by atoms with van der Waals surface area (Å²) >= 11 is 1.10. The van der Waals surface area contributed by atoms with E-state index in [-0.39, 0.29) is 24.0 Å². The fourth-order valence-corrected chi connectivity index (χ4v) is 3.71. The molecule has 0 saturated heterocycles. The number of primary amides is 1. The van der Waals surface area contributed by atoms with Gasteiger partial charge in [0.1, 0.15) is 0 Å². The Bertz CT molecular complexity index is 893. The molecule has 2 aromatic carbocycles. The van der Waals surface area contributed by atoms with Crippen LogP contribution in [0.25, 0.3) is 10.8 Å². The number of benzene rings is 2. The number of nitrogens with zero attached hydrogens (tertiary/aromatic N) is 1. The molecule has 0 unspecified atom stereocenters. The molecule has 5 nitrogen and oxygen atoms in total. The second kappa shape index (κ2) is 6.77. The molecule has 0 saturated carbocycles. The van der Waals surface area contributed by atoms with Crippen LogP contribution in [0, 0.1) is 11.3 Å². The smallest absolute Gasteiger partial charge is 0.227 e. The Morgan fingerprint density at radius 2 is 2.04 bits per heavy atom. The summed E-state index contributed by atoms with van der Waals surface area (Å²) in [6.07, 6.45) is 0.206. The van der Waals surface area contributed by atoms with Gasteiger partial charge in [0.25, 0.3) is 0 Å². The zero-order valence-corrected chi connectivity index (χ0v) is 13.6. The summed E-state index contributed by atoms with van der Waals surface area (Å²) in [6, 6.07) is 16.0. The highest BCUT2D eigenvalue weighted by atomic mass is 32.2. The normalized spacial score (nSPS) is 17.5. The molecule has 1 heterocycles. The van der Waals surface area contributed by atoms with E-state index in [2.05, 4.69) is 11.4 Å². The molecular weight excluding hydrogens is 322 g/mol. The first-order valence-corrected chi connectivity index (χ1v) is 8.41. The fourth-order valence-electron chi connectivity index (χ4n) is 2.90. The van der Waals surface area contributed by atoms with Gasteiger partial charge in [-0.15, -0.1) is 0 Å². The van der Waals surface area contributed by atoms with E-state index in [1.165, 1.54) is 0 Å². The van der Waals surface area contributed by atoms with Crippen LogP contribution in [0.1, 0.15) is 17.9 Å². The average Bonchev–Trinajstić information content (AvgIpc) is 2.59. The maximum Gasteiger partial charge on any atom is 0.227 e. The number of allylic oxidation sites excluding steroid dienone is 1. The monoisotopic (exact) mass is 337 g/mol. The number of carbonyl (C=O) groups is 2. The van der Waals surface area contributed by atoms with E-state index in [1.54, 1.807) is 0 Å². The van der Waals surface area contributed by atoms with Crippen molar-refractivity contribution >= 4 is 34.3 Å². The van der Waals surface area contributed by atoms with Crippen molar-refractivity contribution in [3.8, 4) is 6.07 Å². The van der Waals surface area contributed by atoms with Crippen LogP contribution in [0.4, 0.5) is 0 Å². The van der Waals surface area contributed by atoms with Gasteiger partial charge in [0.2, 0.25) is 11.8 Å². The third-order valence-corrected chi connectivity index (χ3v) is 4.95. The molecule has 0 aliphatic carbocycles. The van der Waals surface area contributed by atoms with Crippen molar-refractivity contribution < 1.29 is 9.59 Å².